The Kier molecular flexibility index (Phi) is 5.09. The van der Waals surface area contributed by atoms with Crippen LogP contribution in [0.1, 0.15) is 0 Å². The highest BCUT2D eigenvalue weighted by Gasteiger charge is 2.22. The van der Waals surface area contributed by atoms with Gasteiger partial charge in [-0.15, -0.1) is 0 Å². The summed E-state index contributed by atoms with van der Waals surface area (Å²) < 4.78 is 4.03. The molecule has 0 N–H and O–H groups in total. The fourth-order valence-electron chi connectivity index (χ4n) is 6.62. The van der Waals surface area contributed by atoms with Gasteiger partial charge in [0.2, 0.25) is 11.9 Å². The highest BCUT2D eigenvalue weighted by molar-refractivity contribution is 6.10. The average Bonchev–Trinajstić information content (AvgIpc) is 3.64. The van der Waals surface area contributed by atoms with Crippen LogP contribution in [0.4, 0.5) is 0 Å². The molecule has 9 heteroatoms. The molecule has 0 fully saturated rings. The Hall–Kier alpha value is -6.61. The van der Waals surface area contributed by atoms with Crippen molar-refractivity contribution in [2.45, 2.75) is 0 Å². The molecular formula is C37H21N9. The van der Waals surface area contributed by atoms with Gasteiger partial charge < -0.3 is 0 Å². The van der Waals surface area contributed by atoms with Gasteiger partial charge in [-0.1, -0.05) is 54.6 Å². The largest absolute Gasteiger partial charge is 0.278 e. The van der Waals surface area contributed by atoms with Crippen molar-refractivity contribution in [2.75, 3.05) is 0 Å². The number of benzene rings is 3. The molecule has 0 saturated carbocycles. The topological polar surface area (TPSA) is 100 Å². The van der Waals surface area contributed by atoms with E-state index < -0.39 is 0 Å². The molecule has 0 unspecified atom stereocenters. The number of pyridine rings is 4. The number of aromatic nitrogens is 9. The second kappa shape index (κ2) is 9.44. The molecule has 214 valence electrons. The van der Waals surface area contributed by atoms with Crippen molar-refractivity contribution in [1.29, 1.82) is 0 Å². The van der Waals surface area contributed by atoms with Gasteiger partial charge in [-0.2, -0.15) is 15.0 Å². The van der Waals surface area contributed by atoms with Crippen LogP contribution in [-0.4, -0.2) is 44.0 Å². The van der Waals surface area contributed by atoms with Gasteiger partial charge in [0.1, 0.15) is 11.3 Å². The summed E-state index contributed by atoms with van der Waals surface area (Å²) in [6.45, 7) is 0. The molecule has 0 aliphatic rings. The van der Waals surface area contributed by atoms with Gasteiger partial charge in [0.05, 0.1) is 22.1 Å². The molecule has 0 aliphatic carbocycles. The minimum Gasteiger partial charge on any atom is -0.278 e. The van der Waals surface area contributed by atoms with Crippen molar-refractivity contribution >= 4 is 65.7 Å². The summed E-state index contributed by atoms with van der Waals surface area (Å²) in [7, 11) is 0. The van der Waals surface area contributed by atoms with Crippen LogP contribution in [0, 0.1) is 0 Å². The average molecular weight is 592 g/mol. The molecule has 46 heavy (non-hydrogen) atoms. The zero-order valence-electron chi connectivity index (χ0n) is 24.1. The minimum atomic E-state index is 0.420. The first-order chi connectivity index (χ1) is 22.8. The molecule has 10 aromatic rings. The fourth-order valence-corrected chi connectivity index (χ4v) is 6.62. The maximum atomic E-state index is 5.18. The van der Waals surface area contributed by atoms with E-state index in [1.807, 2.05) is 59.2 Å². The van der Waals surface area contributed by atoms with E-state index in [0.29, 0.717) is 17.7 Å². The Morgan fingerprint density at radius 1 is 0.391 bits per heavy atom. The van der Waals surface area contributed by atoms with Gasteiger partial charge in [0, 0.05) is 62.7 Å². The van der Waals surface area contributed by atoms with E-state index >= 15 is 0 Å². The summed E-state index contributed by atoms with van der Waals surface area (Å²) in [5, 5.41) is 6.10. The van der Waals surface area contributed by atoms with Crippen molar-refractivity contribution in [3.8, 4) is 23.3 Å². The predicted octanol–water partition coefficient (Wildman–Crippen LogP) is 7.62. The molecule has 9 nitrogen and oxygen atoms in total. The van der Waals surface area contributed by atoms with Gasteiger partial charge in [-0.25, -0.2) is 14.5 Å². The quantitative estimate of drug-likeness (QED) is 0.195. The standard InChI is InChI=1S/C37H21N9/c1-3-13-29-23(9-1)24-10-2-4-14-30(24)45(29)36-42-33(26-17-21-39-32-25(26)16-15-22-8-5-18-38-31(22)32)43-37(44-36)46-34-27(11-6-19-40-34)28-12-7-20-41-35(28)46/h1-21H. The van der Waals surface area contributed by atoms with Crippen molar-refractivity contribution in [1.82, 2.24) is 44.0 Å². The third-order valence-corrected chi connectivity index (χ3v) is 8.60. The summed E-state index contributed by atoms with van der Waals surface area (Å²) in [4.78, 5) is 34.4. The first kappa shape index (κ1) is 24.8. The van der Waals surface area contributed by atoms with E-state index in [1.54, 1.807) is 24.8 Å². The van der Waals surface area contributed by atoms with Crippen LogP contribution in [0.3, 0.4) is 0 Å². The zero-order chi connectivity index (χ0) is 30.2. The summed E-state index contributed by atoms with van der Waals surface area (Å²) in [6.07, 6.45) is 7.14. The molecule has 7 aromatic heterocycles. The van der Waals surface area contributed by atoms with E-state index in [0.717, 1.165) is 71.2 Å². The van der Waals surface area contributed by atoms with Crippen molar-refractivity contribution < 1.29 is 0 Å². The van der Waals surface area contributed by atoms with Crippen LogP contribution in [-0.2, 0) is 0 Å². The normalized spacial score (nSPS) is 11.9. The Labute approximate surface area is 260 Å². The monoisotopic (exact) mass is 591 g/mol. The third kappa shape index (κ3) is 3.47. The lowest BCUT2D eigenvalue weighted by Crippen LogP contribution is -2.11. The Morgan fingerprint density at radius 2 is 0.978 bits per heavy atom. The van der Waals surface area contributed by atoms with Crippen LogP contribution < -0.4 is 0 Å². The fraction of sp³-hybridized carbons (Fsp3) is 0. The lowest BCUT2D eigenvalue weighted by atomic mass is 10.1. The van der Waals surface area contributed by atoms with Crippen LogP contribution in [0.15, 0.2) is 128 Å². The Morgan fingerprint density at radius 3 is 1.70 bits per heavy atom. The van der Waals surface area contributed by atoms with Crippen LogP contribution >= 0.6 is 0 Å². The summed E-state index contributed by atoms with van der Waals surface area (Å²) >= 11 is 0. The molecule has 0 amide bonds. The highest BCUT2D eigenvalue weighted by atomic mass is 15.3. The molecule has 0 bridgehead atoms. The maximum absolute atomic E-state index is 5.18. The molecule has 0 aliphatic heterocycles. The summed E-state index contributed by atoms with van der Waals surface area (Å²) in [5.74, 6) is 1.41. The second-order valence-corrected chi connectivity index (χ2v) is 11.1. The first-order valence-electron chi connectivity index (χ1n) is 14.9. The first-order valence-corrected chi connectivity index (χ1v) is 14.9. The molecule has 3 aromatic carbocycles. The molecule has 7 heterocycles. The smallest absolute Gasteiger partial charge is 0.242 e. The van der Waals surface area contributed by atoms with Gasteiger partial charge in [0.15, 0.2) is 5.82 Å². The number of hydrogen-bond acceptors (Lipinski definition) is 7. The number of fused-ring (bicyclic) bond motifs is 9. The molecule has 10 rings (SSSR count). The van der Waals surface area contributed by atoms with E-state index in [2.05, 4.69) is 58.1 Å². The van der Waals surface area contributed by atoms with Crippen molar-refractivity contribution in [3.63, 3.8) is 0 Å². The second-order valence-electron chi connectivity index (χ2n) is 11.1. The number of para-hydroxylation sites is 2. The molecule has 0 saturated heterocycles. The van der Waals surface area contributed by atoms with Crippen LogP contribution in [0.5, 0.6) is 0 Å². The minimum absolute atomic E-state index is 0.420. The predicted molar refractivity (Wildman–Crippen MR) is 180 cm³/mol. The zero-order valence-corrected chi connectivity index (χ0v) is 24.1. The molecule has 0 radical (unpaired) electrons. The number of rotatable bonds is 3. The lowest BCUT2D eigenvalue weighted by Gasteiger charge is -2.13. The van der Waals surface area contributed by atoms with Crippen molar-refractivity contribution in [2.24, 2.45) is 0 Å². The number of nitrogens with zero attached hydrogens (tertiary/aromatic N) is 9. The maximum Gasteiger partial charge on any atom is 0.242 e. The number of hydrogen-bond donors (Lipinski definition) is 0. The van der Waals surface area contributed by atoms with E-state index in [4.69, 9.17) is 29.9 Å². The summed E-state index contributed by atoms with van der Waals surface area (Å²) in [5.41, 5.74) is 5.88. The van der Waals surface area contributed by atoms with E-state index in [9.17, 15) is 0 Å². The molecular weight excluding hydrogens is 570 g/mol. The lowest BCUT2D eigenvalue weighted by molar-refractivity contribution is 0.884. The van der Waals surface area contributed by atoms with Crippen LogP contribution in [0.25, 0.3) is 89.0 Å². The van der Waals surface area contributed by atoms with E-state index in [1.165, 1.54) is 0 Å². The SMILES string of the molecule is c1cnc2c(c1)ccc1c(-c3nc(-n4c5ccccc5c5ccccc54)nc(-n4c5ncccc5c5cccnc54)n3)ccnc12. The van der Waals surface area contributed by atoms with Crippen LogP contribution in [0.2, 0.25) is 0 Å². The Balaban J connectivity index is 1.35. The van der Waals surface area contributed by atoms with Crippen molar-refractivity contribution in [3.05, 3.63) is 128 Å². The Bertz CT molecular complexity index is 2590. The highest BCUT2D eigenvalue weighted by Crippen LogP contribution is 2.35. The molecule has 0 spiro atoms. The van der Waals surface area contributed by atoms with Gasteiger partial charge in [-0.05, 0) is 48.5 Å². The summed E-state index contributed by atoms with van der Waals surface area (Å²) in [6, 6.07) is 34.7. The molecule has 0 atom stereocenters. The van der Waals surface area contributed by atoms with Gasteiger partial charge in [-0.3, -0.25) is 14.5 Å². The van der Waals surface area contributed by atoms with Gasteiger partial charge in [0.25, 0.3) is 0 Å². The third-order valence-electron chi connectivity index (χ3n) is 8.60. The van der Waals surface area contributed by atoms with Gasteiger partial charge >= 0.3 is 0 Å². The van der Waals surface area contributed by atoms with E-state index in [-0.39, 0.29) is 0 Å².